The molecule has 0 aromatic rings. The lowest BCUT2D eigenvalue weighted by atomic mass is 9.81. The quantitative estimate of drug-likeness (QED) is 0.691. The molecule has 0 saturated carbocycles. The summed E-state index contributed by atoms with van der Waals surface area (Å²) in [5, 5.41) is 10.9. The van der Waals surface area contributed by atoms with Gasteiger partial charge in [0, 0.05) is 0 Å². The van der Waals surface area contributed by atoms with Gasteiger partial charge in [0.15, 0.2) is 0 Å². The number of nitrogens with one attached hydrogen (secondary N) is 1. The van der Waals surface area contributed by atoms with Crippen LogP contribution in [-0.4, -0.2) is 23.4 Å². The number of amides is 1. The number of nitrogens with zero attached hydrogens (tertiary/aromatic N) is 2. The number of carbonyl (C=O) groups excluding carboxylic acids is 1. The van der Waals surface area contributed by atoms with Crippen LogP contribution in [0.3, 0.4) is 0 Å². The van der Waals surface area contributed by atoms with E-state index in [4.69, 9.17) is 0 Å². The summed E-state index contributed by atoms with van der Waals surface area (Å²) in [5.41, 5.74) is -0.492. The summed E-state index contributed by atoms with van der Waals surface area (Å²) in [6.45, 7) is 8.10. The summed E-state index contributed by atoms with van der Waals surface area (Å²) in [5.74, 6) is 0.120. The molecular formula is C9H17N3OS. The van der Waals surface area contributed by atoms with Crippen molar-refractivity contribution in [1.29, 1.82) is 0 Å². The van der Waals surface area contributed by atoms with E-state index in [1.807, 2.05) is 6.92 Å². The lowest BCUT2D eigenvalue weighted by molar-refractivity contribution is -0.120. The molecule has 14 heavy (non-hydrogen) atoms. The Morgan fingerprint density at radius 1 is 1.50 bits per heavy atom. The zero-order valence-electron chi connectivity index (χ0n) is 9.03. The Kier molecular flexibility index (Phi) is 2.90. The number of hydrogen-bond acceptors (Lipinski definition) is 4. The molecule has 0 saturated heterocycles. The SMILES string of the molecule is CC(C)(C)C(NC(=O)CS)C1(C)N=N1. The van der Waals surface area contributed by atoms with E-state index in [-0.39, 0.29) is 23.1 Å². The van der Waals surface area contributed by atoms with Crippen LogP contribution >= 0.6 is 12.6 Å². The van der Waals surface area contributed by atoms with Gasteiger partial charge < -0.3 is 5.32 Å². The minimum absolute atomic E-state index is 0.0587. The third-order valence-electron chi connectivity index (χ3n) is 2.28. The van der Waals surface area contributed by atoms with Gasteiger partial charge in [-0.25, -0.2) is 0 Å². The van der Waals surface area contributed by atoms with Gasteiger partial charge in [0.1, 0.15) is 0 Å². The summed E-state index contributed by atoms with van der Waals surface area (Å²) in [6.07, 6.45) is 0. The van der Waals surface area contributed by atoms with Crippen LogP contribution in [0, 0.1) is 5.41 Å². The van der Waals surface area contributed by atoms with Crippen LogP contribution in [0.15, 0.2) is 10.2 Å². The molecule has 0 spiro atoms. The highest BCUT2D eigenvalue weighted by molar-refractivity contribution is 7.81. The van der Waals surface area contributed by atoms with Crippen LogP contribution in [0.25, 0.3) is 0 Å². The standard InChI is InChI=1S/C9H17N3OS/c1-8(2,3)7(9(4)11-12-9)10-6(13)5-14/h7,14H,5H2,1-4H3,(H,10,13). The van der Waals surface area contributed by atoms with E-state index < -0.39 is 5.66 Å². The lowest BCUT2D eigenvalue weighted by Crippen LogP contribution is -2.52. The average molecular weight is 215 g/mol. The second-order valence-corrected chi connectivity index (χ2v) is 5.13. The van der Waals surface area contributed by atoms with Crippen molar-refractivity contribution in [3.05, 3.63) is 0 Å². The van der Waals surface area contributed by atoms with Crippen LogP contribution in [0.1, 0.15) is 27.7 Å². The largest absolute Gasteiger partial charge is 0.348 e. The smallest absolute Gasteiger partial charge is 0.230 e. The molecule has 1 aliphatic heterocycles. The van der Waals surface area contributed by atoms with Crippen LogP contribution in [0.4, 0.5) is 0 Å². The van der Waals surface area contributed by atoms with Crippen molar-refractivity contribution in [1.82, 2.24) is 5.32 Å². The molecule has 1 unspecified atom stereocenters. The van der Waals surface area contributed by atoms with Crippen LogP contribution in [-0.2, 0) is 4.79 Å². The van der Waals surface area contributed by atoms with Crippen molar-refractivity contribution in [3.8, 4) is 0 Å². The van der Waals surface area contributed by atoms with Gasteiger partial charge in [-0.15, -0.1) is 0 Å². The summed E-state index contributed by atoms with van der Waals surface area (Å²) >= 11 is 3.93. The van der Waals surface area contributed by atoms with E-state index in [2.05, 4.69) is 48.9 Å². The fourth-order valence-electron chi connectivity index (χ4n) is 1.57. The highest BCUT2D eigenvalue weighted by Crippen LogP contribution is 2.39. The highest BCUT2D eigenvalue weighted by Gasteiger charge is 2.49. The van der Waals surface area contributed by atoms with Crippen LogP contribution in [0.2, 0.25) is 0 Å². The maximum Gasteiger partial charge on any atom is 0.230 e. The van der Waals surface area contributed by atoms with Gasteiger partial charge >= 0.3 is 0 Å². The van der Waals surface area contributed by atoms with E-state index in [9.17, 15) is 4.79 Å². The molecular weight excluding hydrogens is 198 g/mol. The van der Waals surface area contributed by atoms with Gasteiger partial charge in [-0.05, 0) is 12.3 Å². The molecule has 1 rings (SSSR count). The Hall–Kier alpha value is -0.580. The van der Waals surface area contributed by atoms with Gasteiger partial charge in [-0.2, -0.15) is 22.9 Å². The molecule has 1 amide bonds. The fourth-order valence-corrected chi connectivity index (χ4v) is 1.67. The first-order valence-corrected chi connectivity index (χ1v) is 5.27. The number of hydrogen-bond donors (Lipinski definition) is 2. The van der Waals surface area contributed by atoms with Crippen molar-refractivity contribution in [2.45, 2.75) is 39.4 Å². The van der Waals surface area contributed by atoms with E-state index in [1.54, 1.807) is 0 Å². The molecule has 0 bridgehead atoms. The molecule has 0 fully saturated rings. The molecule has 1 aliphatic rings. The Morgan fingerprint density at radius 3 is 2.29 bits per heavy atom. The molecule has 1 heterocycles. The Balaban J connectivity index is 2.69. The van der Waals surface area contributed by atoms with Crippen LogP contribution < -0.4 is 5.32 Å². The fraction of sp³-hybridized carbons (Fsp3) is 0.889. The first kappa shape index (κ1) is 11.5. The molecule has 0 aliphatic carbocycles. The first-order chi connectivity index (χ1) is 6.29. The van der Waals surface area contributed by atoms with Crippen molar-refractivity contribution in [3.63, 3.8) is 0 Å². The van der Waals surface area contributed by atoms with Crippen molar-refractivity contribution < 1.29 is 4.79 Å². The van der Waals surface area contributed by atoms with Gasteiger partial charge in [-0.1, -0.05) is 20.8 Å². The predicted octanol–water partition coefficient (Wildman–Crippen LogP) is 1.63. The third-order valence-corrected chi connectivity index (χ3v) is 2.56. The first-order valence-electron chi connectivity index (χ1n) is 4.64. The number of rotatable bonds is 3. The van der Waals surface area contributed by atoms with Crippen molar-refractivity contribution in [2.24, 2.45) is 15.6 Å². The van der Waals surface area contributed by atoms with Crippen molar-refractivity contribution in [2.75, 3.05) is 5.75 Å². The van der Waals surface area contributed by atoms with E-state index in [0.29, 0.717) is 0 Å². The van der Waals surface area contributed by atoms with Gasteiger partial charge in [0.25, 0.3) is 0 Å². The number of thiol groups is 1. The van der Waals surface area contributed by atoms with E-state index in [0.717, 1.165) is 0 Å². The maximum atomic E-state index is 11.3. The predicted molar refractivity (Wildman–Crippen MR) is 58.5 cm³/mol. The number of carbonyl (C=O) groups is 1. The summed E-state index contributed by atoms with van der Waals surface area (Å²) in [6, 6.07) is -0.0605. The third kappa shape index (κ3) is 2.47. The van der Waals surface area contributed by atoms with Gasteiger partial charge in [-0.3, -0.25) is 4.79 Å². The Morgan fingerprint density at radius 2 is 2.00 bits per heavy atom. The van der Waals surface area contributed by atoms with E-state index >= 15 is 0 Å². The topological polar surface area (TPSA) is 53.8 Å². The van der Waals surface area contributed by atoms with Gasteiger partial charge in [0.05, 0.1) is 11.8 Å². The molecule has 4 nitrogen and oxygen atoms in total. The minimum Gasteiger partial charge on any atom is -0.348 e. The second kappa shape index (κ2) is 3.53. The molecule has 1 N–H and O–H groups in total. The monoisotopic (exact) mass is 215 g/mol. The lowest BCUT2D eigenvalue weighted by Gasteiger charge is -2.33. The average Bonchev–Trinajstić information content (AvgIpc) is 2.77. The zero-order valence-corrected chi connectivity index (χ0v) is 9.93. The maximum absolute atomic E-state index is 11.3. The van der Waals surface area contributed by atoms with E-state index in [1.165, 1.54) is 0 Å². The molecule has 0 aromatic carbocycles. The summed E-state index contributed by atoms with van der Waals surface area (Å²) in [7, 11) is 0. The van der Waals surface area contributed by atoms with Crippen molar-refractivity contribution >= 4 is 18.5 Å². The van der Waals surface area contributed by atoms with Gasteiger partial charge in [0.2, 0.25) is 11.6 Å². The second-order valence-electron chi connectivity index (χ2n) is 4.82. The Bertz CT molecular complexity index is 258. The molecule has 1 atom stereocenters. The normalized spacial score (nSPS) is 20.4. The highest BCUT2D eigenvalue weighted by atomic mass is 32.1. The van der Waals surface area contributed by atoms with Crippen LogP contribution in [0.5, 0.6) is 0 Å². The molecule has 80 valence electrons. The summed E-state index contributed by atoms with van der Waals surface area (Å²) < 4.78 is 0. The Labute approximate surface area is 90.0 Å². The molecule has 0 aromatic heterocycles. The summed E-state index contributed by atoms with van der Waals surface area (Å²) in [4.78, 5) is 11.3. The zero-order chi connectivity index (χ0) is 11.0. The minimum atomic E-state index is -0.434. The molecule has 5 heteroatoms. The molecule has 0 radical (unpaired) electrons.